The fourth-order valence-electron chi connectivity index (χ4n) is 2.95. The monoisotopic (exact) mass is 248 g/mol. The van der Waals surface area contributed by atoms with E-state index in [1.54, 1.807) is 0 Å². The van der Waals surface area contributed by atoms with Gasteiger partial charge >= 0.3 is 0 Å². The Hall–Kier alpha value is -1.00. The standard InChI is InChI=1S/C13H16N2OS/c16-12-10-3-1-2-4-11(10)13(9-14-12)5-7-15(17)8-6-13/h1-4,17H,5-9H2,(H,14,16). The van der Waals surface area contributed by atoms with Gasteiger partial charge in [-0.15, -0.1) is 0 Å². The van der Waals surface area contributed by atoms with Crippen LogP contribution in [0.5, 0.6) is 0 Å². The van der Waals surface area contributed by atoms with Gasteiger partial charge in [-0.3, -0.25) is 9.10 Å². The molecule has 0 radical (unpaired) electrons. The zero-order valence-electron chi connectivity index (χ0n) is 9.65. The molecule has 0 bridgehead atoms. The first-order valence-electron chi connectivity index (χ1n) is 6.03. The van der Waals surface area contributed by atoms with E-state index < -0.39 is 0 Å². The number of hydrogen-bond acceptors (Lipinski definition) is 3. The van der Waals surface area contributed by atoms with Crippen LogP contribution in [-0.4, -0.2) is 29.8 Å². The van der Waals surface area contributed by atoms with Crippen molar-refractivity contribution >= 4 is 18.7 Å². The third-order valence-electron chi connectivity index (χ3n) is 4.03. The lowest BCUT2D eigenvalue weighted by atomic mass is 9.69. The van der Waals surface area contributed by atoms with E-state index in [0.717, 1.165) is 38.0 Å². The highest BCUT2D eigenvalue weighted by Crippen LogP contribution is 2.39. The topological polar surface area (TPSA) is 32.3 Å². The Morgan fingerprint density at radius 1 is 1.24 bits per heavy atom. The van der Waals surface area contributed by atoms with E-state index in [2.05, 4.69) is 28.5 Å². The highest BCUT2D eigenvalue weighted by Gasteiger charge is 2.41. The third kappa shape index (κ3) is 1.76. The minimum Gasteiger partial charge on any atom is -0.351 e. The van der Waals surface area contributed by atoms with E-state index in [4.69, 9.17) is 0 Å². The second-order valence-corrected chi connectivity index (χ2v) is 5.53. The predicted molar refractivity (Wildman–Crippen MR) is 70.2 cm³/mol. The zero-order valence-corrected chi connectivity index (χ0v) is 10.5. The second kappa shape index (κ2) is 4.03. The van der Waals surface area contributed by atoms with Gasteiger partial charge in [0.2, 0.25) is 0 Å². The van der Waals surface area contributed by atoms with Crippen LogP contribution in [0.3, 0.4) is 0 Å². The fraction of sp³-hybridized carbons (Fsp3) is 0.462. The number of nitrogens with zero attached hydrogens (tertiary/aromatic N) is 1. The van der Waals surface area contributed by atoms with E-state index in [1.165, 1.54) is 5.56 Å². The number of hydrogen-bond donors (Lipinski definition) is 2. The summed E-state index contributed by atoms with van der Waals surface area (Å²) in [6, 6.07) is 8.01. The van der Waals surface area contributed by atoms with Crippen molar-refractivity contribution in [2.24, 2.45) is 0 Å². The normalized spacial score (nSPS) is 23.2. The molecule has 1 aromatic rings. The van der Waals surface area contributed by atoms with Gasteiger partial charge < -0.3 is 5.32 Å². The Morgan fingerprint density at radius 2 is 1.94 bits per heavy atom. The summed E-state index contributed by atoms with van der Waals surface area (Å²) in [4.78, 5) is 11.8. The van der Waals surface area contributed by atoms with Crippen LogP contribution in [0.4, 0.5) is 0 Å². The zero-order chi connectivity index (χ0) is 11.9. The molecule has 90 valence electrons. The van der Waals surface area contributed by atoms with Crippen LogP contribution in [0, 0.1) is 0 Å². The molecule has 2 aliphatic rings. The average Bonchev–Trinajstić information content (AvgIpc) is 2.38. The minimum atomic E-state index is 0.0690. The highest BCUT2D eigenvalue weighted by molar-refractivity contribution is 7.77. The molecule has 1 amide bonds. The molecule has 3 nitrogen and oxygen atoms in total. The summed E-state index contributed by atoms with van der Waals surface area (Å²) in [6.07, 6.45) is 2.13. The number of benzene rings is 1. The van der Waals surface area contributed by atoms with Crippen molar-refractivity contribution in [2.45, 2.75) is 18.3 Å². The molecule has 1 N–H and O–H groups in total. The van der Waals surface area contributed by atoms with Gasteiger partial charge in [-0.2, -0.15) is 0 Å². The van der Waals surface area contributed by atoms with Crippen molar-refractivity contribution in [1.82, 2.24) is 9.62 Å². The van der Waals surface area contributed by atoms with Gasteiger partial charge in [0.25, 0.3) is 5.91 Å². The van der Waals surface area contributed by atoms with E-state index in [-0.39, 0.29) is 11.3 Å². The van der Waals surface area contributed by atoms with Crippen LogP contribution in [0.1, 0.15) is 28.8 Å². The van der Waals surface area contributed by atoms with Gasteiger partial charge in [-0.25, -0.2) is 0 Å². The Balaban J connectivity index is 2.03. The van der Waals surface area contributed by atoms with Crippen molar-refractivity contribution < 1.29 is 4.79 Å². The lowest BCUT2D eigenvalue weighted by Crippen LogP contribution is -2.51. The number of fused-ring (bicyclic) bond motifs is 2. The number of carbonyl (C=O) groups excluding carboxylic acids is 1. The Labute approximate surface area is 107 Å². The van der Waals surface area contributed by atoms with E-state index in [9.17, 15) is 4.79 Å². The van der Waals surface area contributed by atoms with Gasteiger partial charge in [0.05, 0.1) is 0 Å². The first-order valence-corrected chi connectivity index (χ1v) is 6.43. The third-order valence-corrected chi connectivity index (χ3v) is 4.43. The van der Waals surface area contributed by atoms with Crippen LogP contribution in [0.15, 0.2) is 24.3 Å². The summed E-state index contributed by atoms with van der Waals surface area (Å²) in [5, 5.41) is 3.03. The molecule has 1 aromatic carbocycles. The maximum absolute atomic E-state index is 11.8. The maximum atomic E-state index is 11.8. The first kappa shape index (κ1) is 11.1. The number of piperidine rings is 1. The van der Waals surface area contributed by atoms with Gasteiger partial charge in [0.1, 0.15) is 0 Å². The fourth-order valence-corrected chi connectivity index (χ4v) is 3.15. The van der Waals surface area contributed by atoms with Crippen molar-refractivity contribution in [3.8, 4) is 0 Å². The van der Waals surface area contributed by atoms with Gasteiger partial charge in [-0.1, -0.05) is 31.0 Å². The van der Waals surface area contributed by atoms with Crippen LogP contribution >= 0.6 is 12.8 Å². The largest absolute Gasteiger partial charge is 0.351 e. The van der Waals surface area contributed by atoms with E-state index >= 15 is 0 Å². The van der Waals surface area contributed by atoms with E-state index in [1.807, 2.05) is 18.2 Å². The van der Waals surface area contributed by atoms with Crippen LogP contribution in [0.2, 0.25) is 0 Å². The summed E-state index contributed by atoms with van der Waals surface area (Å²) in [5.74, 6) is 0.0690. The minimum absolute atomic E-state index is 0.0690. The average molecular weight is 248 g/mol. The highest BCUT2D eigenvalue weighted by atomic mass is 32.1. The number of nitrogens with one attached hydrogen (secondary N) is 1. The maximum Gasteiger partial charge on any atom is 0.251 e. The van der Waals surface area contributed by atoms with Crippen LogP contribution in [-0.2, 0) is 5.41 Å². The summed E-state index contributed by atoms with van der Waals surface area (Å²) >= 11 is 4.40. The van der Waals surface area contributed by atoms with Crippen molar-refractivity contribution in [3.63, 3.8) is 0 Å². The molecule has 0 aliphatic carbocycles. The molecule has 3 rings (SSSR count). The van der Waals surface area contributed by atoms with Crippen molar-refractivity contribution in [2.75, 3.05) is 19.6 Å². The number of carbonyl (C=O) groups is 1. The summed E-state index contributed by atoms with van der Waals surface area (Å²) in [7, 11) is 0. The molecule has 0 saturated carbocycles. The van der Waals surface area contributed by atoms with Crippen LogP contribution < -0.4 is 5.32 Å². The molecular weight excluding hydrogens is 232 g/mol. The molecule has 1 spiro atoms. The van der Waals surface area contributed by atoms with Crippen LogP contribution in [0.25, 0.3) is 0 Å². The first-order chi connectivity index (χ1) is 8.21. The molecule has 0 atom stereocenters. The van der Waals surface area contributed by atoms with Gasteiger partial charge in [0, 0.05) is 30.6 Å². The number of amides is 1. The lowest BCUT2D eigenvalue weighted by molar-refractivity contribution is 0.0908. The number of thiol groups is 1. The lowest BCUT2D eigenvalue weighted by Gasteiger charge is -2.43. The molecule has 2 aliphatic heterocycles. The molecule has 1 saturated heterocycles. The molecule has 1 fully saturated rings. The molecular formula is C13H16N2OS. The molecule has 2 heterocycles. The molecule has 0 aromatic heterocycles. The Morgan fingerprint density at radius 3 is 2.71 bits per heavy atom. The van der Waals surface area contributed by atoms with Gasteiger partial charge in [-0.05, 0) is 24.5 Å². The SMILES string of the molecule is O=C1NCC2(CCN(S)CC2)c2ccccc21. The Bertz CT molecular complexity index is 452. The quantitative estimate of drug-likeness (QED) is 0.684. The molecule has 4 heteroatoms. The number of rotatable bonds is 0. The molecule has 0 unspecified atom stereocenters. The summed E-state index contributed by atoms with van der Waals surface area (Å²) < 4.78 is 2.06. The molecule has 17 heavy (non-hydrogen) atoms. The second-order valence-electron chi connectivity index (χ2n) is 4.96. The smallest absolute Gasteiger partial charge is 0.251 e. The summed E-state index contributed by atoms with van der Waals surface area (Å²) in [6.45, 7) is 2.73. The summed E-state index contributed by atoms with van der Waals surface area (Å²) in [5.41, 5.74) is 2.21. The van der Waals surface area contributed by atoms with Gasteiger partial charge in [0.15, 0.2) is 0 Å². The predicted octanol–water partition coefficient (Wildman–Crippen LogP) is 1.61. The van der Waals surface area contributed by atoms with Crippen molar-refractivity contribution in [3.05, 3.63) is 35.4 Å². The Kier molecular flexibility index (Phi) is 2.64. The van der Waals surface area contributed by atoms with Crippen molar-refractivity contribution in [1.29, 1.82) is 0 Å². The van der Waals surface area contributed by atoms with E-state index in [0.29, 0.717) is 0 Å².